The Hall–Kier alpha value is -0.750. The quantitative estimate of drug-likeness (QED) is 0.656. The summed E-state index contributed by atoms with van der Waals surface area (Å²) in [5.74, 6) is 0. The van der Waals surface area contributed by atoms with Crippen molar-refractivity contribution < 1.29 is 0 Å². The fraction of sp³-hybridized carbons (Fsp3) is 0.273. The fourth-order valence-corrected chi connectivity index (χ4v) is 1.26. The summed E-state index contributed by atoms with van der Waals surface area (Å²) in [5, 5.41) is 0.781. The Morgan fingerprint density at radius 1 is 1.33 bits per heavy atom. The van der Waals surface area contributed by atoms with E-state index >= 15 is 0 Å². The summed E-state index contributed by atoms with van der Waals surface area (Å²) >= 11 is 5.76. The van der Waals surface area contributed by atoms with E-state index in [1.165, 1.54) is 11.1 Å². The lowest BCUT2D eigenvalue weighted by Crippen LogP contribution is -1.81. The third kappa shape index (κ3) is 2.38. The minimum absolute atomic E-state index is 0.781. The largest absolute Gasteiger partial charge is 0.0952 e. The molecular weight excluding hydrogens is 168 g/mol. The molecule has 0 unspecified atom stereocenters. The number of hydrogen-bond acceptors (Lipinski definition) is 0. The lowest BCUT2D eigenvalue weighted by molar-refractivity contribution is 0.975. The van der Waals surface area contributed by atoms with Crippen molar-refractivity contribution in [3.63, 3.8) is 0 Å². The van der Waals surface area contributed by atoms with Crippen molar-refractivity contribution in [3.8, 4) is 0 Å². The first kappa shape index (κ1) is 9.34. The molecule has 0 nitrogen and oxygen atoms in total. The second kappa shape index (κ2) is 4.32. The van der Waals surface area contributed by atoms with Gasteiger partial charge < -0.3 is 0 Å². The van der Waals surface area contributed by atoms with Crippen LogP contribution in [0.4, 0.5) is 0 Å². The Labute approximate surface area is 78.9 Å². The average molecular weight is 181 g/mol. The molecule has 12 heavy (non-hydrogen) atoms. The summed E-state index contributed by atoms with van der Waals surface area (Å²) in [7, 11) is 0. The molecule has 0 bridgehead atoms. The first-order valence-corrected chi connectivity index (χ1v) is 4.55. The van der Waals surface area contributed by atoms with Crippen LogP contribution in [0.3, 0.4) is 0 Å². The van der Waals surface area contributed by atoms with Gasteiger partial charge in [-0.3, -0.25) is 0 Å². The van der Waals surface area contributed by atoms with Gasteiger partial charge in [-0.1, -0.05) is 43.7 Å². The van der Waals surface area contributed by atoms with Crippen LogP contribution in [0, 0.1) is 0 Å². The number of benzene rings is 1. The molecule has 0 saturated carbocycles. The monoisotopic (exact) mass is 180 g/mol. The van der Waals surface area contributed by atoms with Crippen molar-refractivity contribution >= 4 is 17.2 Å². The third-order valence-corrected chi connectivity index (χ3v) is 2.06. The van der Waals surface area contributed by atoms with Gasteiger partial charge in [0, 0.05) is 5.02 Å². The first-order chi connectivity index (χ1) is 5.74. The van der Waals surface area contributed by atoms with Gasteiger partial charge in [0.1, 0.15) is 0 Å². The van der Waals surface area contributed by atoms with Gasteiger partial charge in [-0.05, 0) is 29.7 Å². The van der Waals surface area contributed by atoms with Crippen LogP contribution in [0.1, 0.15) is 25.3 Å². The van der Waals surface area contributed by atoms with E-state index in [1.54, 1.807) is 0 Å². The fourth-order valence-electron chi connectivity index (χ4n) is 1.13. The van der Waals surface area contributed by atoms with E-state index < -0.39 is 0 Å². The van der Waals surface area contributed by atoms with Gasteiger partial charge in [0.2, 0.25) is 0 Å². The molecule has 0 atom stereocenters. The van der Waals surface area contributed by atoms with E-state index in [0.29, 0.717) is 0 Å². The molecule has 0 heterocycles. The van der Waals surface area contributed by atoms with Gasteiger partial charge in [-0.15, -0.1) is 0 Å². The molecule has 0 radical (unpaired) electrons. The Balaban J connectivity index is 2.75. The second-order valence-corrected chi connectivity index (χ2v) is 3.30. The molecule has 0 fully saturated rings. The predicted octanol–water partition coefficient (Wildman–Crippen LogP) is 4.15. The predicted molar refractivity (Wildman–Crippen MR) is 55.4 cm³/mol. The SMILES string of the molecule is C=C(CCC)c1ccc(Cl)cc1. The molecule has 0 N–H and O–H groups in total. The maximum atomic E-state index is 5.76. The molecule has 1 aromatic carbocycles. The van der Waals surface area contributed by atoms with Crippen LogP contribution in [0.5, 0.6) is 0 Å². The van der Waals surface area contributed by atoms with Crippen LogP contribution in [-0.2, 0) is 0 Å². The van der Waals surface area contributed by atoms with Crippen LogP contribution in [0.25, 0.3) is 5.57 Å². The number of hydrogen-bond donors (Lipinski definition) is 0. The molecule has 0 aliphatic heterocycles. The van der Waals surface area contributed by atoms with Gasteiger partial charge in [0.05, 0.1) is 0 Å². The van der Waals surface area contributed by atoms with Crippen molar-refractivity contribution in [2.75, 3.05) is 0 Å². The van der Waals surface area contributed by atoms with Crippen molar-refractivity contribution in [1.29, 1.82) is 0 Å². The zero-order valence-electron chi connectivity index (χ0n) is 7.31. The summed E-state index contributed by atoms with van der Waals surface area (Å²) in [6.07, 6.45) is 2.20. The topological polar surface area (TPSA) is 0 Å². The Morgan fingerprint density at radius 3 is 2.42 bits per heavy atom. The molecule has 1 heteroatoms. The standard InChI is InChI=1S/C11H13Cl/c1-3-4-9(2)10-5-7-11(12)8-6-10/h5-8H,2-4H2,1H3. The maximum absolute atomic E-state index is 5.76. The Bertz CT molecular complexity index is 259. The molecule has 0 amide bonds. The van der Waals surface area contributed by atoms with Gasteiger partial charge in [0.25, 0.3) is 0 Å². The minimum atomic E-state index is 0.781. The molecule has 0 saturated heterocycles. The summed E-state index contributed by atoms with van der Waals surface area (Å²) in [6.45, 7) is 6.16. The van der Waals surface area contributed by atoms with E-state index in [-0.39, 0.29) is 0 Å². The van der Waals surface area contributed by atoms with Crippen molar-refractivity contribution in [2.24, 2.45) is 0 Å². The zero-order chi connectivity index (χ0) is 8.97. The molecule has 64 valence electrons. The van der Waals surface area contributed by atoms with Crippen LogP contribution in [0.2, 0.25) is 5.02 Å². The van der Waals surface area contributed by atoms with Crippen molar-refractivity contribution in [3.05, 3.63) is 41.4 Å². The minimum Gasteiger partial charge on any atom is -0.0952 e. The molecule has 1 aromatic rings. The summed E-state index contributed by atoms with van der Waals surface area (Å²) in [6, 6.07) is 7.83. The van der Waals surface area contributed by atoms with Crippen LogP contribution >= 0.6 is 11.6 Å². The third-order valence-electron chi connectivity index (χ3n) is 1.80. The van der Waals surface area contributed by atoms with Crippen LogP contribution in [-0.4, -0.2) is 0 Å². The average Bonchev–Trinajstić information content (AvgIpc) is 2.06. The van der Waals surface area contributed by atoms with Gasteiger partial charge in [0.15, 0.2) is 0 Å². The molecular formula is C11H13Cl. The number of allylic oxidation sites excluding steroid dienone is 1. The summed E-state index contributed by atoms with van der Waals surface area (Å²) in [5.41, 5.74) is 2.38. The number of rotatable bonds is 3. The molecule has 0 aliphatic carbocycles. The van der Waals surface area contributed by atoms with Crippen LogP contribution in [0.15, 0.2) is 30.8 Å². The van der Waals surface area contributed by atoms with E-state index in [4.69, 9.17) is 11.6 Å². The van der Waals surface area contributed by atoms with E-state index in [1.807, 2.05) is 24.3 Å². The Morgan fingerprint density at radius 2 is 1.92 bits per heavy atom. The van der Waals surface area contributed by atoms with E-state index in [2.05, 4.69) is 13.5 Å². The summed E-state index contributed by atoms with van der Waals surface area (Å²) < 4.78 is 0. The van der Waals surface area contributed by atoms with Crippen molar-refractivity contribution in [1.82, 2.24) is 0 Å². The molecule has 0 aromatic heterocycles. The lowest BCUT2D eigenvalue weighted by atomic mass is 10.0. The molecule has 0 spiro atoms. The summed E-state index contributed by atoms with van der Waals surface area (Å²) in [4.78, 5) is 0. The van der Waals surface area contributed by atoms with Crippen molar-refractivity contribution in [2.45, 2.75) is 19.8 Å². The highest BCUT2D eigenvalue weighted by molar-refractivity contribution is 6.30. The highest BCUT2D eigenvalue weighted by Gasteiger charge is 1.96. The lowest BCUT2D eigenvalue weighted by Gasteiger charge is -2.03. The van der Waals surface area contributed by atoms with Crippen LogP contribution < -0.4 is 0 Å². The Kier molecular flexibility index (Phi) is 3.36. The van der Waals surface area contributed by atoms with Gasteiger partial charge >= 0.3 is 0 Å². The zero-order valence-corrected chi connectivity index (χ0v) is 8.06. The molecule has 1 rings (SSSR count). The van der Waals surface area contributed by atoms with Gasteiger partial charge in [-0.2, -0.15) is 0 Å². The van der Waals surface area contributed by atoms with Gasteiger partial charge in [-0.25, -0.2) is 0 Å². The highest BCUT2D eigenvalue weighted by atomic mass is 35.5. The maximum Gasteiger partial charge on any atom is 0.0406 e. The first-order valence-electron chi connectivity index (χ1n) is 4.17. The smallest absolute Gasteiger partial charge is 0.0406 e. The second-order valence-electron chi connectivity index (χ2n) is 2.86. The molecule has 0 aliphatic rings. The van der Waals surface area contributed by atoms with E-state index in [0.717, 1.165) is 17.9 Å². The number of halogens is 1. The normalized spacial score (nSPS) is 9.83. The highest BCUT2D eigenvalue weighted by Crippen LogP contribution is 2.19. The van der Waals surface area contributed by atoms with E-state index in [9.17, 15) is 0 Å².